The summed E-state index contributed by atoms with van der Waals surface area (Å²) in [7, 11) is 0. The molecular formula is C13H15F2N3OS. The first-order chi connectivity index (χ1) is 9.47. The molecule has 0 aliphatic rings. The van der Waals surface area contributed by atoms with Gasteiger partial charge in [-0.05, 0) is 42.4 Å². The molecule has 20 heavy (non-hydrogen) atoms. The first-order valence-corrected chi connectivity index (χ1v) is 6.58. The average Bonchev–Trinajstić information content (AvgIpc) is 2.71. The Kier molecular flexibility index (Phi) is 4.49. The van der Waals surface area contributed by atoms with Crippen molar-refractivity contribution >= 4 is 12.2 Å². The summed E-state index contributed by atoms with van der Waals surface area (Å²) in [6, 6.07) is 6.33. The van der Waals surface area contributed by atoms with Gasteiger partial charge in [-0.25, -0.2) is 0 Å². The van der Waals surface area contributed by atoms with Crippen LogP contribution in [0.25, 0.3) is 11.4 Å². The van der Waals surface area contributed by atoms with Gasteiger partial charge in [-0.2, -0.15) is 13.9 Å². The van der Waals surface area contributed by atoms with E-state index in [1.54, 1.807) is 12.1 Å². The van der Waals surface area contributed by atoms with Crippen LogP contribution in [-0.4, -0.2) is 21.4 Å². The minimum absolute atomic E-state index is 0.119. The predicted molar refractivity (Wildman–Crippen MR) is 74.3 cm³/mol. The Morgan fingerprint density at radius 3 is 2.50 bits per heavy atom. The predicted octanol–water partition coefficient (Wildman–Crippen LogP) is 3.87. The molecule has 0 aliphatic heterocycles. The third-order valence-electron chi connectivity index (χ3n) is 2.64. The molecule has 0 aliphatic carbocycles. The van der Waals surface area contributed by atoms with E-state index in [0.29, 0.717) is 16.5 Å². The van der Waals surface area contributed by atoms with Crippen molar-refractivity contribution in [1.29, 1.82) is 0 Å². The van der Waals surface area contributed by atoms with E-state index >= 15 is 0 Å². The number of ether oxygens (including phenoxy) is 1. The molecule has 1 aromatic heterocycles. The Hall–Kier alpha value is -1.76. The van der Waals surface area contributed by atoms with Gasteiger partial charge in [0, 0.05) is 12.1 Å². The average molecular weight is 299 g/mol. The van der Waals surface area contributed by atoms with Crippen LogP contribution in [0.1, 0.15) is 13.8 Å². The van der Waals surface area contributed by atoms with E-state index in [4.69, 9.17) is 12.2 Å². The lowest BCUT2D eigenvalue weighted by Gasteiger charge is -2.10. The zero-order valence-electron chi connectivity index (χ0n) is 11.1. The van der Waals surface area contributed by atoms with Gasteiger partial charge in [0.1, 0.15) is 5.75 Å². The number of aromatic amines is 1. The van der Waals surface area contributed by atoms with Gasteiger partial charge in [0.15, 0.2) is 10.6 Å². The highest BCUT2D eigenvalue weighted by molar-refractivity contribution is 7.71. The first-order valence-electron chi connectivity index (χ1n) is 6.18. The van der Waals surface area contributed by atoms with Gasteiger partial charge in [0.05, 0.1) is 0 Å². The van der Waals surface area contributed by atoms with Crippen LogP contribution in [0, 0.1) is 10.7 Å². The van der Waals surface area contributed by atoms with Crippen LogP contribution in [0.15, 0.2) is 24.3 Å². The second-order valence-electron chi connectivity index (χ2n) is 4.76. The highest BCUT2D eigenvalue weighted by atomic mass is 32.1. The van der Waals surface area contributed by atoms with Crippen molar-refractivity contribution in [3.63, 3.8) is 0 Å². The topological polar surface area (TPSA) is 42.8 Å². The molecule has 1 N–H and O–H groups in total. The summed E-state index contributed by atoms with van der Waals surface area (Å²) in [6.07, 6.45) is 0. The summed E-state index contributed by atoms with van der Waals surface area (Å²) in [5, 5.41) is 6.94. The minimum atomic E-state index is -2.82. The monoisotopic (exact) mass is 299 g/mol. The number of aromatic nitrogens is 3. The van der Waals surface area contributed by atoms with Crippen LogP contribution in [0.4, 0.5) is 8.78 Å². The molecule has 0 saturated carbocycles. The number of H-pyrrole nitrogens is 1. The number of alkyl halides is 2. The fourth-order valence-corrected chi connectivity index (χ4v) is 2.06. The van der Waals surface area contributed by atoms with Crippen LogP contribution in [0.2, 0.25) is 0 Å². The SMILES string of the molecule is CC(C)Cn1c(-c2ccc(OC(F)F)cc2)n[nH]c1=S. The summed E-state index contributed by atoms with van der Waals surface area (Å²) in [6.45, 7) is 2.08. The minimum Gasteiger partial charge on any atom is -0.435 e. The lowest BCUT2D eigenvalue weighted by atomic mass is 10.2. The Morgan fingerprint density at radius 1 is 1.30 bits per heavy atom. The molecule has 0 radical (unpaired) electrons. The van der Waals surface area contributed by atoms with Crippen molar-refractivity contribution < 1.29 is 13.5 Å². The van der Waals surface area contributed by atoms with E-state index in [1.807, 2.05) is 4.57 Å². The van der Waals surface area contributed by atoms with Gasteiger partial charge in [-0.1, -0.05) is 13.8 Å². The van der Waals surface area contributed by atoms with E-state index in [-0.39, 0.29) is 5.75 Å². The number of benzene rings is 1. The van der Waals surface area contributed by atoms with Crippen LogP contribution in [0.5, 0.6) is 5.75 Å². The molecule has 4 nitrogen and oxygen atoms in total. The standard InChI is InChI=1S/C13H15F2N3OS/c1-8(2)7-18-11(16-17-13(18)20)9-3-5-10(6-4-9)19-12(14)15/h3-6,8,12H,7H2,1-2H3,(H,17,20). The van der Waals surface area contributed by atoms with Crippen molar-refractivity contribution in [1.82, 2.24) is 14.8 Å². The van der Waals surface area contributed by atoms with E-state index in [1.165, 1.54) is 12.1 Å². The molecule has 108 valence electrons. The van der Waals surface area contributed by atoms with E-state index < -0.39 is 6.61 Å². The smallest absolute Gasteiger partial charge is 0.387 e. The molecule has 0 spiro atoms. The second-order valence-corrected chi connectivity index (χ2v) is 5.15. The molecule has 0 unspecified atom stereocenters. The highest BCUT2D eigenvalue weighted by Crippen LogP contribution is 2.22. The van der Waals surface area contributed by atoms with Crippen LogP contribution < -0.4 is 4.74 Å². The van der Waals surface area contributed by atoms with Gasteiger partial charge in [-0.15, -0.1) is 0 Å². The number of hydrogen-bond donors (Lipinski definition) is 1. The van der Waals surface area contributed by atoms with Crippen LogP contribution >= 0.6 is 12.2 Å². The normalized spacial score (nSPS) is 11.3. The summed E-state index contributed by atoms with van der Waals surface area (Å²) in [5.41, 5.74) is 0.791. The van der Waals surface area contributed by atoms with Crippen molar-refractivity contribution in [2.45, 2.75) is 27.0 Å². The molecular weight excluding hydrogens is 284 g/mol. The van der Waals surface area contributed by atoms with Crippen LogP contribution in [-0.2, 0) is 6.54 Å². The Labute approximate surface area is 120 Å². The second kappa shape index (κ2) is 6.13. The number of nitrogens with one attached hydrogen (secondary N) is 1. The molecule has 0 amide bonds. The van der Waals surface area contributed by atoms with Crippen molar-refractivity contribution in [2.75, 3.05) is 0 Å². The van der Waals surface area contributed by atoms with Crippen LogP contribution in [0.3, 0.4) is 0 Å². The third kappa shape index (κ3) is 3.41. The summed E-state index contributed by atoms with van der Waals surface area (Å²) in [5.74, 6) is 1.22. The highest BCUT2D eigenvalue weighted by Gasteiger charge is 2.11. The van der Waals surface area contributed by atoms with Gasteiger partial charge in [0.25, 0.3) is 0 Å². The maximum Gasteiger partial charge on any atom is 0.387 e. The maximum absolute atomic E-state index is 12.1. The molecule has 0 bridgehead atoms. The van der Waals surface area contributed by atoms with E-state index in [2.05, 4.69) is 28.8 Å². The van der Waals surface area contributed by atoms with Gasteiger partial charge < -0.3 is 4.74 Å². The largest absolute Gasteiger partial charge is 0.435 e. The molecule has 7 heteroatoms. The van der Waals surface area contributed by atoms with Gasteiger partial charge in [-0.3, -0.25) is 9.67 Å². The van der Waals surface area contributed by atoms with Crippen molar-refractivity contribution in [3.8, 4) is 17.1 Å². The summed E-state index contributed by atoms with van der Waals surface area (Å²) in [4.78, 5) is 0. The van der Waals surface area contributed by atoms with Crippen molar-refractivity contribution in [2.24, 2.45) is 5.92 Å². The zero-order valence-corrected chi connectivity index (χ0v) is 12.0. The fraction of sp³-hybridized carbons (Fsp3) is 0.385. The third-order valence-corrected chi connectivity index (χ3v) is 2.96. The molecule has 1 aromatic carbocycles. The molecule has 0 saturated heterocycles. The van der Waals surface area contributed by atoms with Gasteiger partial charge >= 0.3 is 6.61 Å². The first kappa shape index (κ1) is 14.6. The Morgan fingerprint density at radius 2 is 1.95 bits per heavy atom. The lowest BCUT2D eigenvalue weighted by molar-refractivity contribution is -0.0498. The van der Waals surface area contributed by atoms with E-state index in [9.17, 15) is 8.78 Å². The number of nitrogens with zero attached hydrogens (tertiary/aromatic N) is 2. The summed E-state index contributed by atoms with van der Waals surface area (Å²) >= 11 is 5.20. The molecule has 2 aromatic rings. The molecule has 2 rings (SSSR count). The molecule has 1 heterocycles. The number of rotatable bonds is 5. The number of hydrogen-bond acceptors (Lipinski definition) is 3. The fourth-order valence-electron chi connectivity index (χ4n) is 1.86. The Balaban J connectivity index is 2.30. The van der Waals surface area contributed by atoms with Gasteiger partial charge in [0.2, 0.25) is 0 Å². The van der Waals surface area contributed by atoms with E-state index in [0.717, 1.165) is 12.1 Å². The quantitative estimate of drug-likeness (QED) is 0.852. The Bertz CT molecular complexity index is 619. The maximum atomic E-state index is 12.1. The molecule has 0 fully saturated rings. The van der Waals surface area contributed by atoms with Crippen molar-refractivity contribution in [3.05, 3.63) is 29.0 Å². The molecule has 0 atom stereocenters. The zero-order chi connectivity index (χ0) is 14.7. The lowest BCUT2D eigenvalue weighted by Crippen LogP contribution is -2.06. The summed E-state index contributed by atoms with van der Waals surface area (Å²) < 4.78 is 30.9. The number of halogens is 2.